The van der Waals surface area contributed by atoms with Crippen molar-refractivity contribution in [3.05, 3.63) is 28.2 Å². The summed E-state index contributed by atoms with van der Waals surface area (Å²) in [5.74, 6) is 1.36. The van der Waals surface area contributed by atoms with E-state index in [0.717, 1.165) is 36.9 Å². The van der Waals surface area contributed by atoms with Gasteiger partial charge in [-0.3, -0.25) is 4.79 Å². The highest BCUT2D eigenvalue weighted by Crippen LogP contribution is 2.26. The standard InChI is InChI=1S/C15H21BrN2OS/c1-11-8-13(16)2-3-14(11)20-10-15(19)18-6-4-12(9-17)5-7-18/h2-3,8,12H,4-7,9-10,17H2,1H3. The maximum absolute atomic E-state index is 12.2. The SMILES string of the molecule is Cc1cc(Br)ccc1SCC(=O)N1CCC(CN)CC1. The first-order valence-corrected chi connectivity index (χ1v) is 8.75. The topological polar surface area (TPSA) is 46.3 Å². The zero-order chi connectivity index (χ0) is 14.5. The lowest BCUT2D eigenvalue weighted by molar-refractivity contribution is -0.129. The molecule has 0 bridgehead atoms. The Bertz CT molecular complexity index is 473. The number of nitrogens with two attached hydrogens (primary N) is 1. The molecule has 1 aromatic carbocycles. The Morgan fingerprint density at radius 3 is 2.75 bits per heavy atom. The third kappa shape index (κ3) is 4.24. The molecular formula is C15H21BrN2OS. The molecule has 1 saturated heterocycles. The number of hydrogen-bond acceptors (Lipinski definition) is 3. The van der Waals surface area contributed by atoms with Gasteiger partial charge in [-0.1, -0.05) is 15.9 Å². The van der Waals surface area contributed by atoms with Crippen LogP contribution in [0.4, 0.5) is 0 Å². The van der Waals surface area contributed by atoms with E-state index in [1.807, 2.05) is 11.0 Å². The van der Waals surface area contributed by atoms with Crippen LogP contribution in [0, 0.1) is 12.8 Å². The van der Waals surface area contributed by atoms with Gasteiger partial charge in [0.2, 0.25) is 5.91 Å². The molecule has 0 unspecified atom stereocenters. The third-order valence-corrected chi connectivity index (χ3v) is 5.44. The van der Waals surface area contributed by atoms with E-state index in [4.69, 9.17) is 5.73 Å². The molecule has 0 spiro atoms. The fourth-order valence-corrected chi connectivity index (χ4v) is 3.81. The van der Waals surface area contributed by atoms with Crippen LogP contribution in [0.2, 0.25) is 0 Å². The molecule has 1 aromatic rings. The number of aryl methyl sites for hydroxylation is 1. The minimum absolute atomic E-state index is 0.243. The van der Waals surface area contributed by atoms with Crippen LogP contribution in [-0.2, 0) is 4.79 Å². The third-order valence-electron chi connectivity index (χ3n) is 3.79. The Balaban J connectivity index is 1.83. The molecule has 3 nitrogen and oxygen atoms in total. The number of carbonyl (C=O) groups excluding carboxylic acids is 1. The molecule has 0 aromatic heterocycles. The zero-order valence-electron chi connectivity index (χ0n) is 11.8. The van der Waals surface area contributed by atoms with Crippen molar-refractivity contribution in [2.45, 2.75) is 24.7 Å². The predicted octanol–water partition coefficient (Wildman–Crippen LogP) is 3.05. The Labute approximate surface area is 133 Å². The predicted molar refractivity (Wildman–Crippen MR) is 88.0 cm³/mol. The van der Waals surface area contributed by atoms with Gasteiger partial charge >= 0.3 is 0 Å². The van der Waals surface area contributed by atoms with E-state index in [1.165, 1.54) is 10.5 Å². The summed E-state index contributed by atoms with van der Waals surface area (Å²) in [4.78, 5) is 15.4. The van der Waals surface area contributed by atoms with Crippen molar-refractivity contribution in [3.63, 3.8) is 0 Å². The van der Waals surface area contributed by atoms with Gasteiger partial charge in [0, 0.05) is 22.5 Å². The second kappa shape index (κ2) is 7.48. The molecule has 1 aliphatic rings. The first-order chi connectivity index (χ1) is 9.60. The number of amides is 1. The number of halogens is 1. The van der Waals surface area contributed by atoms with E-state index < -0.39 is 0 Å². The second-order valence-corrected chi connectivity index (χ2v) is 7.19. The van der Waals surface area contributed by atoms with Gasteiger partial charge in [-0.2, -0.15) is 0 Å². The van der Waals surface area contributed by atoms with Gasteiger partial charge in [0.1, 0.15) is 0 Å². The minimum Gasteiger partial charge on any atom is -0.342 e. The molecule has 1 heterocycles. The van der Waals surface area contributed by atoms with Crippen molar-refractivity contribution in [2.75, 3.05) is 25.4 Å². The van der Waals surface area contributed by atoms with Crippen LogP contribution in [0.3, 0.4) is 0 Å². The summed E-state index contributed by atoms with van der Waals surface area (Å²) in [7, 11) is 0. The summed E-state index contributed by atoms with van der Waals surface area (Å²) in [6.45, 7) is 4.54. The Morgan fingerprint density at radius 1 is 1.45 bits per heavy atom. The fourth-order valence-electron chi connectivity index (χ4n) is 2.42. The first-order valence-electron chi connectivity index (χ1n) is 6.97. The normalized spacial score (nSPS) is 16.4. The number of rotatable bonds is 4. The summed E-state index contributed by atoms with van der Waals surface area (Å²) in [6, 6.07) is 6.17. The average molecular weight is 357 g/mol. The summed E-state index contributed by atoms with van der Waals surface area (Å²) in [6.07, 6.45) is 2.09. The van der Waals surface area contributed by atoms with Crippen molar-refractivity contribution < 1.29 is 4.79 Å². The van der Waals surface area contributed by atoms with Crippen LogP contribution in [-0.4, -0.2) is 36.2 Å². The van der Waals surface area contributed by atoms with Gasteiger partial charge in [-0.15, -0.1) is 11.8 Å². The number of hydrogen-bond donors (Lipinski definition) is 1. The smallest absolute Gasteiger partial charge is 0.232 e. The maximum Gasteiger partial charge on any atom is 0.232 e. The van der Waals surface area contributed by atoms with E-state index in [1.54, 1.807) is 11.8 Å². The Kier molecular flexibility index (Phi) is 5.93. The van der Waals surface area contributed by atoms with Gasteiger partial charge in [0.15, 0.2) is 0 Å². The molecule has 1 amide bonds. The highest BCUT2D eigenvalue weighted by Gasteiger charge is 2.21. The second-order valence-electron chi connectivity index (χ2n) is 5.26. The van der Waals surface area contributed by atoms with Crippen LogP contribution in [0.15, 0.2) is 27.6 Å². The molecule has 0 radical (unpaired) electrons. The maximum atomic E-state index is 12.2. The largest absolute Gasteiger partial charge is 0.342 e. The molecule has 1 aliphatic heterocycles. The van der Waals surface area contributed by atoms with E-state index in [9.17, 15) is 4.79 Å². The fraction of sp³-hybridized carbons (Fsp3) is 0.533. The van der Waals surface area contributed by atoms with Crippen molar-refractivity contribution in [3.8, 4) is 0 Å². The monoisotopic (exact) mass is 356 g/mol. The van der Waals surface area contributed by atoms with Crippen LogP contribution >= 0.6 is 27.7 Å². The quantitative estimate of drug-likeness (QED) is 0.843. The van der Waals surface area contributed by atoms with Crippen molar-refractivity contribution >= 4 is 33.6 Å². The Morgan fingerprint density at radius 2 is 2.15 bits per heavy atom. The summed E-state index contributed by atoms with van der Waals surface area (Å²) < 4.78 is 1.08. The average Bonchev–Trinajstić information content (AvgIpc) is 2.46. The number of thioether (sulfide) groups is 1. The van der Waals surface area contributed by atoms with Crippen molar-refractivity contribution in [1.29, 1.82) is 0 Å². The Hall–Kier alpha value is -0.520. The van der Waals surface area contributed by atoms with Gasteiger partial charge < -0.3 is 10.6 Å². The zero-order valence-corrected chi connectivity index (χ0v) is 14.2. The number of benzene rings is 1. The number of carbonyl (C=O) groups is 1. The molecule has 20 heavy (non-hydrogen) atoms. The van der Waals surface area contributed by atoms with E-state index in [0.29, 0.717) is 11.7 Å². The van der Waals surface area contributed by atoms with Crippen molar-refractivity contribution in [2.24, 2.45) is 11.7 Å². The van der Waals surface area contributed by atoms with Crippen molar-refractivity contribution in [1.82, 2.24) is 4.90 Å². The summed E-state index contributed by atoms with van der Waals surface area (Å²) >= 11 is 5.08. The van der Waals surface area contributed by atoms with Gasteiger partial charge in [0.25, 0.3) is 0 Å². The van der Waals surface area contributed by atoms with Gasteiger partial charge in [-0.05, 0) is 56.0 Å². The van der Waals surface area contributed by atoms with Crippen LogP contribution in [0.25, 0.3) is 0 Å². The van der Waals surface area contributed by atoms with E-state index >= 15 is 0 Å². The molecule has 2 rings (SSSR count). The number of piperidine rings is 1. The molecule has 1 fully saturated rings. The first kappa shape index (κ1) is 15.9. The van der Waals surface area contributed by atoms with Crippen LogP contribution in [0.1, 0.15) is 18.4 Å². The summed E-state index contributed by atoms with van der Waals surface area (Å²) in [5, 5.41) is 0. The van der Waals surface area contributed by atoms with Crippen LogP contribution < -0.4 is 5.73 Å². The summed E-state index contributed by atoms with van der Waals surface area (Å²) in [5.41, 5.74) is 6.88. The molecule has 0 aliphatic carbocycles. The lowest BCUT2D eigenvalue weighted by Crippen LogP contribution is -2.40. The molecule has 0 saturated carbocycles. The molecular weight excluding hydrogens is 336 g/mol. The number of likely N-dealkylation sites (tertiary alicyclic amines) is 1. The lowest BCUT2D eigenvalue weighted by atomic mass is 9.97. The van der Waals surface area contributed by atoms with E-state index in [2.05, 4.69) is 35.0 Å². The number of nitrogens with zero attached hydrogens (tertiary/aromatic N) is 1. The van der Waals surface area contributed by atoms with Gasteiger partial charge in [-0.25, -0.2) is 0 Å². The van der Waals surface area contributed by atoms with Crippen LogP contribution in [0.5, 0.6) is 0 Å². The molecule has 110 valence electrons. The minimum atomic E-state index is 0.243. The molecule has 0 atom stereocenters. The lowest BCUT2D eigenvalue weighted by Gasteiger charge is -2.31. The van der Waals surface area contributed by atoms with E-state index in [-0.39, 0.29) is 5.91 Å². The highest BCUT2D eigenvalue weighted by molar-refractivity contribution is 9.10. The highest BCUT2D eigenvalue weighted by atomic mass is 79.9. The van der Waals surface area contributed by atoms with Gasteiger partial charge in [0.05, 0.1) is 5.75 Å². The molecule has 5 heteroatoms. The molecule has 2 N–H and O–H groups in total.